The highest BCUT2D eigenvalue weighted by atomic mass is 35.5. The van der Waals surface area contributed by atoms with E-state index in [1.807, 2.05) is 37.3 Å². The number of ether oxygens (including phenoxy) is 1. The van der Waals surface area contributed by atoms with Crippen LogP contribution in [0.4, 0.5) is 5.00 Å². The number of nitrogens with one attached hydrogen (secondary N) is 1. The zero-order valence-electron chi connectivity index (χ0n) is 13.7. The van der Waals surface area contributed by atoms with E-state index in [0.717, 1.165) is 16.0 Å². The lowest BCUT2D eigenvalue weighted by molar-refractivity contribution is -0.116. The quantitative estimate of drug-likeness (QED) is 0.563. The third-order valence-electron chi connectivity index (χ3n) is 3.42. The van der Waals surface area contributed by atoms with Crippen molar-refractivity contribution in [1.29, 1.82) is 0 Å². The second-order valence-corrected chi connectivity index (χ2v) is 6.77. The van der Waals surface area contributed by atoms with Crippen molar-refractivity contribution >= 4 is 39.8 Å². The fourth-order valence-corrected chi connectivity index (χ4v) is 3.61. The molecule has 0 aliphatic carbocycles. The van der Waals surface area contributed by atoms with E-state index in [1.54, 1.807) is 6.92 Å². The van der Waals surface area contributed by atoms with Crippen LogP contribution in [-0.2, 0) is 9.53 Å². The lowest BCUT2D eigenvalue weighted by Gasteiger charge is -2.09. The summed E-state index contributed by atoms with van der Waals surface area (Å²) in [6, 6.07) is 9.64. The Bertz CT molecular complexity index is 713. The van der Waals surface area contributed by atoms with Gasteiger partial charge < -0.3 is 10.1 Å². The van der Waals surface area contributed by atoms with Gasteiger partial charge in [0.2, 0.25) is 5.91 Å². The summed E-state index contributed by atoms with van der Waals surface area (Å²) in [5, 5.41) is 3.37. The van der Waals surface area contributed by atoms with Gasteiger partial charge >= 0.3 is 5.97 Å². The molecule has 1 amide bonds. The van der Waals surface area contributed by atoms with E-state index in [4.69, 9.17) is 16.3 Å². The third kappa shape index (κ3) is 4.36. The molecule has 0 saturated carbocycles. The first-order valence-electron chi connectivity index (χ1n) is 7.80. The minimum atomic E-state index is -0.423. The van der Waals surface area contributed by atoms with Gasteiger partial charge in [-0.05, 0) is 25.8 Å². The number of thiophene rings is 1. The molecule has 128 valence electrons. The Morgan fingerprint density at radius 3 is 2.58 bits per heavy atom. The summed E-state index contributed by atoms with van der Waals surface area (Å²) in [5.74, 6) is -0.146. The summed E-state index contributed by atoms with van der Waals surface area (Å²) < 4.78 is 5.20. The molecule has 0 unspecified atom stereocenters. The van der Waals surface area contributed by atoms with Crippen LogP contribution in [0.3, 0.4) is 0 Å². The summed E-state index contributed by atoms with van der Waals surface area (Å²) in [5.41, 5.74) is 2.16. The molecule has 2 rings (SSSR count). The molecule has 2 aromatic rings. The Morgan fingerprint density at radius 2 is 1.96 bits per heavy atom. The van der Waals surface area contributed by atoms with Crippen LogP contribution < -0.4 is 5.32 Å². The van der Waals surface area contributed by atoms with E-state index >= 15 is 0 Å². The van der Waals surface area contributed by atoms with Gasteiger partial charge in [0.05, 0.1) is 6.61 Å². The highest BCUT2D eigenvalue weighted by molar-refractivity contribution is 7.17. The maximum absolute atomic E-state index is 12.5. The van der Waals surface area contributed by atoms with Gasteiger partial charge in [0.15, 0.2) is 0 Å². The lowest BCUT2D eigenvalue weighted by Crippen LogP contribution is -2.14. The third-order valence-corrected chi connectivity index (χ3v) is 4.70. The zero-order valence-corrected chi connectivity index (χ0v) is 15.3. The fourth-order valence-electron chi connectivity index (χ4n) is 2.40. The van der Waals surface area contributed by atoms with Crippen molar-refractivity contribution in [1.82, 2.24) is 0 Å². The molecular formula is C18H20ClNO3S. The number of halogens is 1. The van der Waals surface area contributed by atoms with Gasteiger partial charge in [-0.25, -0.2) is 4.79 Å². The number of hydrogen-bond acceptors (Lipinski definition) is 4. The zero-order chi connectivity index (χ0) is 17.5. The first-order valence-corrected chi connectivity index (χ1v) is 9.15. The molecule has 0 saturated heterocycles. The summed E-state index contributed by atoms with van der Waals surface area (Å²) in [7, 11) is 0. The number of rotatable bonds is 7. The van der Waals surface area contributed by atoms with E-state index in [0.29, 0.717) is 29.3 Å². The largest absolute Gasteiger partial charge is 0.462 e. The molecule has 1 N–H and O–H groups in total. The Kier molecular flexibility index (Phi) is 6.82. The maximum atomic E-state index is 12.5. The Morgan fingerprint density at radius 1 is 1.25 bits per heavy atom. The minimum absolute atomic E-state index is 0.151. The average Bonchev–Trinajstić information content (AvgIpc) is 2.90. The fraction of sp³-hybridized carbons (Fsp3) is 0.333. The van der Waals surface area contributed by atoms with Crippen LogP contribution in [0.15, 0.2) is 30.3 Å². The van der Waals surface area contributed by atoms with Crippen molar-refractivity contribution in [2.24, 2.45) is 0 Å². The number of anilines is 1. The molecule has 1 heterocycles. The standard InChI is InChI=1S/C18H20ClNO3S/c1-3-23-18(22)16-15(13-8-5-4-6-9-13)12(2)24-17(16)20-14(21)10-7-11-19/h4-6,8-9H,3,7,10-11H2,1-2H3,(H,20,21). The van der Waals surface area contributed by atoms with Gasteiger partial charge in [0.25, 0.3) is 0 Å². The van der Waals surface area contributed by atoms with E-state index in [1.165, 1.54) is 11.3 Å². The molecule has 0 radical (unpaired) electrons. The van der Waals surface area contributed by atoms with Gasteiger partial charge in [-0.15, -0.1) is 22.9 Å². The molecule has 0 fully saturated rings. The van der Waals surface area contributed by atoms with Crippen molar-refractivity contribution < 1.29 is 14.3 Å². The Hall–Kier alpha value is -1.85. The normalized spacial score (nSPS) is 10.5. The topological polar surface area (TPSA) is 55.4 Å². The molecule has 24 heavy (non-hydrogen) atoms. The number of esters is 1. The lowest BCUT2D eigenvalue weighted by atomic mass is 10.0. The molecule has 0 bridgehead atoms. The number of carbonyl (C=O) groups excluding carboxylic acids is 2. The van der Waals surface area contributed by atoms with Crippen LogP contribution in [-0.4, -0.2) is 24.4 Å². The van der Waals surface area contributed by atoms with E-state index < -0.39 is 5.97 Å². The smallest absolute Gasteiger partial charge is 0.341 e. The molecule has 0 atom stereocenters. The first kappa shape index (κ1) is 18.5. The van der Waals surface area contributed by atoms with Crippen LogP contribution in [0.1, 0.15) is 35.0 Å². The van der Waals surface area contributed by atoms with Crippen LogP contribution >= 0.6 is 22.9 Å². The summed E-state index contributed by atoms with van der Waals surface area (Å²) >= 11 is 7.02. The summed E-state index contributed by atoms with van der Waals surface area (Å²) in [4.78, 5) is 25.5. The number of hydrogen-bond donors (Lipinski definition) is 1. The molecular weight excluding hydrogens is 346 g/mol. The van der Waals surface area contributed by atoms with Crippen LogP contribution in [0.5, 0.6) is 0 Å². The highest BCUT2D eigenvalue weighted by Gasteiger charge is 2.25. The van der Waals surface area contributed by atoms with E-state index in [-0.39, 0.29) is 12.5 Å². The molecule has 4 nitrogen and oxygen atoms in total. The van der Waals surface area contributed by atoms with Gasteiger partial charge in [-0.3, -0.25) is 4.79 Å². The van der Waals surface area contributed by atoms with E-state index in [2.05, 4.69) is 5.32 Å². The summed E-state index contributed by atoms with van der Waals surface area (Å²) in [6.07, 6.45) is 0.918. The Labute approximate surface area is 150 Å². The van der Waals surface area contributed by atoms with Crippen LogP contribution in [0.2, 0.25) is 0 Å². The van der Waals surface area contributed by atoms with E-state index in [9.17, 15) is 9.59 Å². The molecule has 6 heteroatoms. The maximum Gasteiger partial charge on any atom is 0.341 e. The number of amides is 1. The minimum Gasteiger partial charge on any atom is -0.462 e. The Balaban J connectivity index is 2.44. The second kappa shape index (κ2) is 8.85. The average molecular weight is 366 g/mol. The monoisotopic (exact) mass is 365 g/mol. The van der Waals surface area contributed by atoms with Gasteiger partial charge in [0.1, 0.15) is 10.6 Å². The number of alkyl halides is 1. The predicted molar refractivity (Wildman–Crippen MR) is 99.0 cm³/mol. The van der Waals surface area contributed by atoms with Crippen molar-refractivity contribution in [3.05, 3.63) is 40.8 Å². The van der Waals surface area contributed by atoms with Crippen molar-refractivity contribution in [2.45, 2.75) is 26.7 Å². The van der Waals surface area contributed by atoms with Crippen LogP contribution in [0.25, 0.3) is 11.1 Å². The van der Waals surface area contributed by atoms with Gasteiger partial charge in [-0.1, -0.05) is 30.3 Å². The SMILES string of the molecule is CCOC(=O)c1c(NC(=O)CCCCl)sc(C)c1-c1ccccc1. The van der Waals surface area contributed by atoms with Gasteiger partial charge in [0, 0.05) is 22.7 Å². The first-order chi connectivity index (χ1) is 11.6. The number of carbonyl (C=O) groups is 2. The van der Waals surface area contributed by atoms with Crippen LogP contribution in [0, 0.1) is 6.92 Å². The van der Waals surface area contributed by atoms with Gasteiger partial charge in [-0.2, -0.15) is 0 Å². The van der Waals surface area contributed by atoms with Crippen molar-refractivity contribution in [2.75, 3.05) is 17.8 Å². The van der Waals surface area contributed by atoms with Crippen molar-refractivity contribution in [3.63, 3.8) is 0 Å². The molecule has 0 aliphatic rings. The predicted octanol–water partition coefficient (Wildman–Crippen LogP) is 4.86. The summed E-state index contributed by atoms with van der Waals surface area (Å²) in [6.45, 7) is 3.98. The molecule has 1 aromatic carbocycles. The number of aryl methyl sites for hydroxylation is 1. The molecule has 0 spiro atoms. The molecule has 0 aliphatic heterocycles. The second-order valence-electron chi connectivity index (χ2n) is 5.16. The van der Waals surface area contributed by atoms with Crippen molar-refractivity contribution in [3.8, 4) is 11.1 Å². The number of benzene rings is 1. The highest BCUT2D eigenvalue weighted by Crippen LogP contribution is 2.40. The molecule has 1 aromatic heterocycles.